The fourth-order valence-corrected chi connectivity index (χ4v) is 2.12. The van der Waals surface area contributed by atoms with Gasteiger partial charge in [-0.3, -0.25) is 0 Å². The number of nitrogens with one attached hydrogen (secondary N) is 1. The number of halogens is 1. The fraction of sp³-hybridized carbons (Fsp3) is 0.250. The standard InChI is InChI=1S/C16H18FN/c1-11-4-5-12(2)15(8-11)13-6-7-16(17)14(9-13)10-18-3/h4-9,18H,10H2,1-3H3. The van der Waals surface area contributed by atoms with Crippen LogP contribution in [0.5, 0.6) is 0 Å². The highest BCUT2D eigenvalue weighted by molar-refractivity contribution is 5.68. The zero-order valence-electron chi connectivity index (χ0n) is 11.0. The van der Waals surface area contributed by atoms with E-state index >= 15 is 0 Å². The van der Waals surface area contributed by atoms with Crippen molar-refractivity contribution in [2.45, 2.75) is 20.4 Å². The molecule has 2 heteroatoms. The molecule has 0 aliphatic rings. The van der Waals surface area contributed by atoms with Crippen molar-refractivity contribution in [2.75, 3.05) is 7.05 Å². The van der Waals surface area contributed by atoms with Gasteiger partial charge in [0.25, 0.3) is 0 Å². The van der Waals surface area contributed by atoms with Crippen LogP contribution in [0.25, 0.3) is 11.1 Å². The lowest BCUT2D eigenvalue weighted by molar-refractivity contribution is 0.601. The minimum Gasteiger partial charge on any atom is -0.316 e. The Kier molecular flexibility index (Phi) is 3.78. The molecule has 0 unspecified atom stereocenters. The van der Waals surface area contributed by atoms with Crippen LogP contribution in [0.2, 0.25) is 0 Å². The molecule has 0 spiro atoms. The third-order valence-electron chi connectivity index (χ3n) is 3.12. The van der Waals surface area contributed by atoms with Gasteiger partial charge in [-0.2, -0.15) is 0 Å². The molecular weight excluding hydrogens is 225 g/mol. The van der Waals surface area contributed by atoms with Crippen molar-refractivity contribution in [1.29, 1.82) is 0 Å². The van der Waals surface area contributed by atoms with Crippen molar-refractivity contribution in [3.8, 4) is 11.1 Å². The van der Waals surface area contributed by atoms with Gasteiger partial charge in [0.2, 0.25) is 0 Å². The molecule has 1 nitrogen and oxygen atoms in total. The molecule has 0 atom stereocenters. The van der Waals surface area contributed by atoms with Crippen LogP contribution in [0.15, 0.2) is 36.4 Å². The highest BCUT2D eigenvalue weighted by atomic mass is 19.1. The molecule has 0 fully saturated rings. The summed E-state index contributed by atoms with van der Waals surface area (Å²) in [6, 6.07) is 11.7. The number of hydrogen-bond acceptors (Lipinski definition) is 1. The smallest absolute Gasteiger partial charge is 0.127 e. The van der Waals surface area contributed by atoms with Crippen molar-refractivity contribution < 1.29 is 4.39 Å². The zero-order chi connectivity index (χ0) is 13.1. The van der Waals surface area contributed by atoms with E-state index in [1.807, 2.05) is 19.2 Å². The molecule has 18 heavy (non-hydrogen) atoms. The Morgan fingerprint density at radius 3 is 2.56 bits per heavy atom. The highest BCUT2D eigenvalue weighted by Gasteiger charge is 2.06. The maximum absolute atomic E-state index is 13.6. The molecule has 2 aromatic rings. The average Bonchev–Trinajstić information content (AvgIpc) is 2.35. The number of aryl methyl sites for hydroxylation is 2. The Labute approximate surface area is 108 Å². The molecule has 0 aliphatic heterocycles. The van der Waals surface area contributed by atoms with Gasteiger partial charge in [-0.15, -0.1) is 0 Å². The van der Waals surface area contributed by atoms with Crippen LogP contribution >= 0.6 is 0 Å². The second-order valence-corrected chi connectivity index (χ2v) is 4.65. The third kappa shape index (κ3) is 2.59. The summed E-state index contributed by atoms with van der Waals surface area (Å²) in [5, 5.41) is 2.99. The summed E-state index contributed by atoms with van der Waals surface area (Å²) >= 11 is 0. The third-order valence-corrected chi connectivity index (χ3v) is 3.12. The quantitative estimate of drug-likeness (QED) is 0.864. The lowest BCUT2D eigenvalue weighted by Gasteiger charge is -2.10. The molecule has 0 aromatic heterocycles. The van der Waals surface area contributed by atoms with Crippen molar-refractivity contribution in [1.82, 2.24) is 5.32 Å². The number of rotatable bonds is 3. The minimum absolute atomic E-state index is 0.154. The molecule has 0 amide bonds. The van der Waals surface area contributed by atoms with Crippen molar-refractivity contribution in [3.05, 3.63) is 58.9 Å². The second kappa shape index (κ2) is 5.32. The van der Waals surface area contributed by atoms with Crippen LogP contribution in [-0.2, 0) is 6.54 Å². The largest absolute Gasteiger partial charge is 0.316 e. The summed E-state index contributed by atoms with van der Waals surface area (Å²) < 4.78 is 13.6. The molecule has 0 saturated heterocycles. The van der Waals surface area contributed by atoms with Gasteiger partial charge in [-0.1, -0.05) is 29.8 Å². The van der Waals surface area contributed by atoms with Gasteiger partial charge >= 0.3 is 0 Å². The molecule has 0 aliphatic carbocycles. The van der Waals surface area contributed by atoms with Gasteiger partial charge < -0.3 is 5.32 Å². The minimum atomic E-state index is -0.154. The highest BCUT2D eigenvalue weighted by Crippen LogP contribution is 2.26. The van der Waals surface area contributed by atoms with Crippen LogP contribution in [0, 0.1) is 19.7 Å². The van der Waals surface area contributed by atoms with E-state index in [1.165, 1.54) is 16.7 Å². The van der Waals surface area contributed by atoms with Gasteiger partial charge in [0.1, 0.15) is 5.82 Å². The number of hydrogen-bond donors (Lipinski definition) is 1. The van der Waals surface area contributed by atoms with Crippen LogP contribution in [0.3, 0.4) is 0 Å². The number of benzene rings is 2. The van der Waals surface area contributed by atoms with Gasteiger partial charge in [0, 0.05) is 12.1 Å². The lowest BCUT2D eigenvalue weighted by atomic mass is 9.97. The van der Waals surface area contributed by atoms with Crippen molar-refractivity contribution >= 4 is 0 Å². The van der Waals surface area contributed by atoms with Gasteiger partial charge in [-0.05, 0) is 49.7 Å². The normalized spacial score (nSPS) is 10.7. The molecule has 0 saturated carbocycles. The average molecular weight is 243 g/mol. The molecule has 0 bridgehead atoms. The van der Waals surface area contributed by atoms with E-state index in [-0.39, 0.29) is 5.82 Å². The predicted octanol–water partition coefficient (Wildman–Crippen LogP) is 3.83. The molecule has 1 N–H and O–H groups in total. The Bertz CT molecular complexity index is 561. The maximum atomic E-state index is 13.6. The first-order valence-electron chi connectivity index (χ1n) is 6.12. The molecule has 0 heterocycles. The van der Waals surface area contributed by atoms with E-state index in [4.69, 9.17) is 0 Å². The first kappa shape index (κ1) is 12.8. The first-order chi connectivity index (χ1) is 8.61. The van der Waals surface area contributed by atoms with Gasteiger partial charge in [0.15, 0.2) is 0 Å². The zero-order valence-corrected chi connectivity index (χ0v) is 11.0. The van der Waals surface area contributed by atoms with E-state index in [0.29, 0.717) is 12.1 Å². The summed E-state index contributed by atoms with van der Waals surface area (Å²) in [5.41, 5.74) is 5.38. The SMILES string of the molecule is CNCc1cc(-c2cc(C)ccc2C)ccc1F. The van der Waals surface area contributed by atoms with Crippen LogP contribution in [0.4, 0.5) is 4.39 Å². The van der Waals surface area contributed by atoms with Gasteiger partial charge in [0.05, 0.1) is 0 Å². The van der Waals surface area contributed by atoms with Crippen LogP contribution in [-0.4, -0.2) is 7.05 Å². The van der Waals surface area contributed by atoms with E-state index in [2.05, 4.69) is 37.4 Å². The lowest BCUT2D eigenvalue weighted by Crippen LogP contribution is -2.07. The topological polar surface area (TPSA) is 12.0 Å². The van der Waals surface area contributed by atoms with Gasteiger partial charge in [-0.25, -0.2) is 4.39 Å². The predicted molar refractivity (Wildman–Crippen MR) is 74.1 cm³/mol. The van der Waals surface area contributed by atoms with E-state index in [1.54, 1.807) is 6.07 Å². The summed E-state index contributed by atoms with van der Waals surface area (Å²) in [6.07, 6.45) is 0. The fourth-order valence-electron chi connectivity index (χ4n) is 2.12. The maximum Gasteiger partial charge on any atom is 0.127 e. The van der Waals surface area contributed by atoms with Crippen molar-refractivity contribution in [3.63, 3.8) is 0 Å². The molecule has 0 radical (unpaired) electrons. The molecule has 2 aromatic carbocycles. The summed E-state index contributed by atoms with van der Waals surface area (Å²) in [4.78, 5) is 0. The van der Waals surface area contributed by atoms with Crippen LogP contribution in [0.1, 0.15) is 16.7 Å². The Hall–Kier alpha value is -1.67. The Balaban J connectivity index is 2.50. The second-order valence-electron chi connectivity index (χ2n) is 4.65. The monoisotopic (exact) mass is 243 g/mol. The summed E-state index contributed by atoms with van der Waals surface area (Å²) in [7, 11) is 1.82. The van der Waals surface area contributed by atoms with E-state index in [9.17, 15) is 4.39 Å². The molecule has 2 rings (SSSR count). The first-order valence-corrected chi connectivity index (χ1v) is 6.12. The summed E-state index contributed by atoms with van der Waals surface area (Å²) in [5.74, 6) is -0.154. The van der Waals surface area contributed by atoms with E-state index in [0.717, 1.165) is 5.56 Å². The Morgan fingerprint density at radius 2 is 1.83 bits per heavy atom. The molecule has 94 valence electrons. The summed E-state index contributed by atoms with van der Waals surface area (Å²) in [6.45, 7) is 4.70. The Morgan fingerprint density at radius 1 is 1.06 bits per heavy atom. The van der Waals surface area contributed by atoms with E-state index < -0.39 is 0 Å². The molecular formula is C16H18FN. The van der Waals surface area contributed by atoms with Crippen LogP contribution < -0.4 is 5.32 Å². The van der Waals surface area contributed by atoms with Crippen molar-refractivity contribution in [2.24, 2.45) is 0 Å².